The number of halogens is 1. The standard InChI is InChI=1S/C41H61FN5O9P/c1-3-4-5-6-7-8-9-10-11-12-13-14-15-16-17-18-21-52-27-34(53-26-32-22-31(25-43)23-33(42)24-32)28-54-57(50,51)55-29-41(2)39(49)37(48)38(56-41)35-19-20-36-40(44)45-30-46-47(35)36/h10-11,19-20,22-24,30,34,37-39,48-49H,3-9,12-18,21,26-29H2,1-2H3,(H,50,51)(H2,44,45,46)/b11-10+/t34-,37+,38+,39+,41-/m1/s1. The van der Waals surface area contributed by atoms with E-state index in [1.807, 2.05) is 6.07 Å². The average molecular weight is 818 g/mol. The number of benzene rings is 1. The van der Waals surface area contributed by atoms with E-state index in [0.717, 1.165) is 38.2 Å². The van der Waals surface area contributed by atoms with Crippen molar-refractivity contribution >= 4 is 19.2 Å². The summed E-state index contributed by atoms with van der Waals surface area (Å²) in [6.07, 6.45) is 17.7. The number of anilines is 1. The van der Waals surface area contributed by atoms with E-state index < -0.39 is 56.9 Å². The van der Waals surface area contributed by atoms with Crippen molar-refractivity contribution in [2.45, 2.75) is 140 Å². The van der Waals surface area contributed by atoms with E-state index in [1.54, 1.807) is 12.1 Å². The number of nitrogens with two attached hydrogens (primary N) is 1. The lowest BCUT2D eigenvalue weighted by atomic mass is 9.97. The number of allylic oxidation sites excluding steroid dienone is 2. The lowest BCUT2D eigenvalue weighted by Gasteiger charge is -2.28. The summed E-state index contributed by atoms with van der Waals surface area (Å²) >= 11 is 0. The van der Waals surface area contributed by atoms with Crippen LogP contribution in [0, 0.1) is 17.1 Å². The number of aromatic nitrogens is 3. The normalized spacial score (nSPS) is 21.3. The maximum atomic E-state index is 14.1. The van der Waals surface area contributed by atoms with Crippen molar-refractivity contribution in [1.82, 2.24) is 14.6 Å². The van der Waals surface area contributed by atoms with Gasteiger partial charge < -0.3 is 35.1 Å². The lowest BCUT2D eigenvalue weighted by Crippen LogP contribution is -2.44. The van der Waals surface area contributed by atoms with E-state index in [4.69, 9.17) is 29.0 Å². The van der Waals surface area contributed by atoms with Crippen LogP contribution in [0.15, 0.2) is 48.8 Å². The second kappa shape index (κ2) is 24.0. The highest BCUT2D eigenvalue weighted by Gasteiger charge is 2.53. The first-order chi connectivity index (χ1) is 27.5. The van der Waals surface area contributed by atoms with E-state index in [9.17, 15) is 29.3 Å². The fraction of sp³-hybridized carbons (Fsp3) is 0.634. The number of phosphoric acid groups is 1. The highest BCUT2D eigenvalue weighted by Crippen LogP contribution is 2.47. The summed E-state index contributed by atoms with van der Waals surface area (Å²) in [5.41, 5.74) is 5.69. The van der Waals surface area contributed by atoms with Crippen LogP contribution < -0.4 is 5.73 Å². The Balaban J connectivity index is 1.20. The molecule has 0 bridgehead atoms. The molecule has 6 atom stereocenters. The molecular formula is C41H61FN5O9P. The average Bonchev–Trinajstić information content (AvgIpc) is 3.72. The molecule has 5 N–H and O–H groups in total. The van der Waals surface area contributed by atoms with Crippen LogP contribution in [0.2, 0.25) is 0 Å². The Kier molecular flexibility index (Phi) is 19.5. The molecule has 1 aliphatic heterocycles. The molecule has 16 heteroatoms. The summed E-state index contributed by atoms with van der Waals surface area (Å²) < 4.78 is 56.9. The molecule has 57 heavy (non-hydrogen) atoms. The number of phosphoric ester groups is 1. The van der Waals surface area contributed by atoms with Gasteiger partial charge in [-0.15, -0.1) is 0 Å². The Morgan fingerprint density at radius 1 is 1.02 bits per heavy atom. The molecule has 3 heterocycles. The molecule has 1 unspecified atom stereocenters. The maximum absolute atomic E-state index is 14.1. The van der Waals surface area contributed by atoms with Gasteiger partial charge in [-0.05, 0) is 74.9 Å². The molecule has 1 fully saturated rings. The summed E-state index contributed by atoms with van der Waals surface area (Å²) in [5, 5.41) is 35.2. The summed E-state index contributed by atoms with van der Waals surface area (Å²) in [6.45, 7) is 2.98. The van der Waals surface area contributed by atoms with Gasteiger partial charge in [-0.1, -0.05) is 76.9 Å². The van der Waals surface area contributed by atoms with Gasteiger partial charge in [0.1, 0.15) is 47.7 Å². The van der Waals surface area contributed by atoms with Gasteiger partial charge >= 0.3 is 7.82 Å². The van der Waals surface area contributed by atoms with Gasteiger partial charge in [0.15, 0.2) is 5.82 Å². The summed E-state index contributed by atoms with van der Waals surface area (Å²) in [6, 6.07) is 9.01. The number of rotatable bonds is 28. The molecule has 2 aromatic heterocycles. The first-order valence-electron chi connectivity index (χ1n) is 20.2. The topological polar surface area (TPSA) is 204 Å². The van der Waals surface area contributed by atoms with Crippen molar-refractivity contribution in [3.05, 3.63) is 71.4 Å². The Hall–Kier alpha value is -3.29. The second-order valence-electron chi connectivity index (χ2n) is 14.9. The number of aliphatic hydroxyl groups is 2. The van der Waals surface area contributed by atoms with Crippen LogP contribution in [0.3, 0.4) is 0 Å². The Bertz CT molecular complexity index is 1770. The third-order valence-corrected chi connectivity index (χ3v) is 11.0. The number of aliphatic hydroxyl groups excluding tert-OH is 2. The third kappa shape index (κ3) is 15.1. The van der Waals surface area contributed by atoms with Gasteiger partial charge in [0.25, 0.3) is 0 Å². The van der Waals surface area contributed by atoms with E-state index in [1.165, 1.54) is 87.7 Å². The SMILES string of the molecule is CCCCCCCC/C=C/CCCCCCCCOC[C@H](COP(=O)(O)OC[C@@]1(C)O[C@@H](c2ccc3c(N)ncnn23)[C@H](O)[C@@H]1O)OCc1cc(F)cc(C#N)c1. The van der Waals surface area contributed by atoms with E-state index in [0.29, 0.717) is 23.4 Å². The van der Waals surface area contributed by atoms with Crippen LogP contribution >= 0.6 is 7.82 Å². The number of nitrogens with zero attached hydrogens (tertiary/aromatic N) is 4. The molecule has 0 aliphatic carbocycles. The van der Waals surface area contributed by atoms with Crippen LogP contribution in [0.5, 0.6) is 0 Å². The first kappa shape index (κ1) is 46.4. The van der Waals surface area contributed by atoms with Crippen molar-refractivity contribution in [3.8, 4) is 6.07 Å². The minimum Gasteiger partial charge on any atom is -0.387 e. The predicted octanol–water partition coefficient (Wildman–Crippen LogP) is 7.65. The monoisotopic (exact) mass is 817 g/mol. The number of nitrogen functional groups attached to an aromatic ring is 1. The molecule has 1 aromatic carbocycles. The highest BCUT2D eigenvalue weighted by molar-refractivity contribution is 7.47. The van der Waals surface area contributed by atoms with E-state index in [-0.39, 0.29) is 24.6 Å². The van der Waals surface area contributed by atoms with Gasteiger partial charge in [-0.3, -0.25) is 9.05 Å². The van der Waals surface area contributed by atoms with Gasteiger partial charge in [0.2, 0.25) is 0 Å². The largest absolute Gasteiger partial charge is 0.472 e. The number of nitriles is 1. The van der Waals surface area contributed by atoms with Crippen molar-refractivity contribution in [1.29, 1.82) is 5.26 Å². The van der Waals surface area contributed by atoms with E-state index in [2.05, 4.69) is 29.2 Å². The zero-order valence-electron chi connectivity index (χ0n) is 33.3. The van der Waals surface area contributed by atoms with Crippen LogP contribution in [0.1, 0.15) is 127 Å². The maximum Gasteiger partial charge on any atom is 0.472 e. The highest BCUT2D eigenvalue weighted by atomic mass is 31.2. The van der Waals surface area contributed by atoms with Crippen molar-refractivity contribution in [2.75, 3.05) is 32.2 Å². The van der Waals surface area contributed by atoms with Crippen LogP contribution in [-0.4, -0.2) is 80.0 Å². The van der Waals surface area contributed by atoms with Gasteiger partial charge in [0.05, 0.1) is 43.8 Å². The summed E-state index contributed by atoms with van der Waals surface area (Å²) in [4.78, 5) is 14.6. The molecule has 0 saturated carbocycles. The van der Waals surface area contributed by atoms with Crippen molar-refractivity contribution in [2.24, 2.45) is 0 Å². The van der Waals surface area contributed by atoms with Gasteiger partial charge in [-0.25, -0.2) is 18.5 Å². The smallest absolute Gasteiger partial charge is 0.387 e. The molecule has 4 rings (SSSR count). The fourth-order valence-corrected chi connectivity index (χ4v) is 7.60. The molecule has 0 spiro atoms. The zero-order valence-corrected chi connectivity index (χ0v) is 34.2. The van der Waals surface area contributed by atoms with Crippen molar-refractivity contribution in [3.63, 3.8) is 0 Å². The number of unbranched alkanes of at least 4 members (excludes halogenated alkanes) is 12. The molecule has 0 amide bonds. The number of hydrogen-bond donors (Lipinski definition) is 4. The molecule has 14 nitrogen and oxygen atoms in total. The van der Waals surface area contributed by atoms with Gasteiger partial charge in [0, 0.05) is 6.61 Å². The summed E-state index contributed by atoms with van der Waals surface area (Å²) in [5.74, 6) is -0.382. The minimum absolute atomic E-state index is 0.0122. The second-order valence-corrected chi connectivity index (χ2v) is 16.4. The molecular weight excluding hydrogens is 756 g/mol. The molecule has 1 saturated heterocycles. The molecule has 316 valence electrons. The minimum atomic E-state index is -4.77. The predicted molar refractivity (Wildman–Crippen MR) is 213 cm³/mol. The third-order valence-electron chi connectivity index (χ3n) is 10.1. The fourth-order valence-electron chi connectivity index (χ4n) is 6.75. The molecule has 1 aliphatic rings. The van der Waals surface area contributed by atoms with Crippen LogP contribution in [0.4, 0.5) is 10.2 Å². The molecule has 0 radical (unpaired) electrons. The van der Waals surface area contributed by atoms with E-state index >= 15 is 0 Å². The zero-order chi connectivity index (χ0) is 41.1. The number of hydrogen-bond acceptors (Lipinski definition) is 12. The first-order valence-corrected chi connectivity index (χ1v) is 21.7. The summed E-state index contributed by atoms with van der Waals surface area (Å²) in [7, 11) is -4.77. The Morgan fingerprint density at radius 2 is 1.70 bits per heavy atom. The Morgan fingerprint density at radius 3 is 2.40 bits per heavy atom. The number of fused-ring (bicyclic) bond motifs is 1. The molecule has 3 aromatic rings. The lowest BCUT2D eigenvalue weighted by molar-refractivity contribution is -0.102. The van der Waals surface area contributed by atoms with Crippen LogP contribution in [-0.2, 0) is 34.4 Å². The Labute approximate surface area is 335 Å². The van der Waals surface area contributed by atoms with Gasteiger partial charge in [-0.2, -0.15) is 10.4 Å². The van der Waals surface area contributed by atoms with Crippen molar-refractivity contribution < 1.29 is 47.3 Å². The number of ether oxygens (including phenoxy) is 3. The van der Waals surface area contributed by atoms with Crippen LogP contribution in [0.25, 0.3) is 5.52 Å². The quantitative estimate of drug-likeness (QED) is 0.0316.